The zero-order chi connectivity index (χ0) is 7.82. The monoisotopic (exact) mass is 146 g/mol. The van der Waals surface area contributed by atoms with Crippen LogP contribution in [-0.2, 0) is 0 Å². The van der Waals surface area contributed by atoms with Crippen LogP contribution in [-0.4, -0.2) is 23.4 Å². The molecule has 1 atom stereocenters. The highest BCUT2D eigenvalue weighted by Crippen LogP contribution is 2.10. The van der Waals surface area contributed by atoms with E-state index in [1.54, 1.807) is 0 Å². The van der Waals surface area contributed by atoms with Crippen molar-refractivity contribution in [3.05, 3.63) is 0 Å². The Hall–Kier alpha value is -0.0800. The van der Waals surface area contributed by atoms with Crippen molar-refractivity contribution in [1.82, 2.24) is 0 Å². The summed E-state index contributed by atoms with van der Waals surface area (Å²) in [4.78, 5) is 0. The summed E-state index contributed by atoms with van der Waals surface area (Å²) < 4.78 is 0. The first-order valence-corrected chi connectivity index (χ1v) is 4.06. The first-order chi connectivity index (χ1) is 4.85. The van der Waals surface area contributed by atoms with E-state index in [2.05, 4.69) is 6.92 Å². The van der Waals surface area contributed by atoms with Gasteiger partial charge in [-0.25, -0.2) is 0 Å². The average molecular weight is 146 g/mol. The molecule has 0 aliphatic heterocycles. The van der Waals surface area contributed by atoms with Gasteiger partial charge in [-0.05, 0) is 18.8 Å². The molecule has 0 spiro atoms. The maximum atomic E-state index is 8.77. The standard InChI is InChI=1S/C8H18O2/c1-2-3-4-8(7-10)5-6-9/h8-10H,2-7H2,1H3. The number of hydrogen-bond donors (Lipinski definition) is 2. The fraction of sp³-hybridized carbons (Fsp3) is 1.00. The van der Waals surface area contributed by atoms with Crippen LogP contribution in [0.1, 0.15) is 32.6 Å². The molecule has 62 valence electrons. The quantitative estimate of drug-likeness (QED) is 0.590. The van der Waals surface area contributed by atoms with Crippen molar-refractivity contribution in [3.8, 4) is 0 Å². The van der Waals surface area contributed by atoms with E-state index in [0.29, 0.717) is 5.92 Å². The number of aliphatic hydroxyl groups is 2. The molecule has 0 bridgehead atoms. The van der Waals surface area contributed by atoms with Crippen molar-refractivity contribution in [3.63, 3.8) is 0 Å². The van der Waals surface area contributed by atoms with E-state index in [4.69, 9.17) is 10.2 Å². The average Bonchev–Trinajstić information content (AvgIpc) is 1.98. The van der Waals surface area contributed by atoms with Gasteiger partial charge in [0.25, 0.3) is 0 Å². The normalized spacial score (nSPS) is 13.5. The molecule has 2 nitrogen and oxygen atoms in total. The van der Waals surface area contributed by atoms with Gasteiger partial charge in [-0.3, -0.25) is 0 Å². The van der Waals surface area contributed by atoms with E-state index in [0.717, 1.165) is 19.3 Å². The van der Waals surface area contributed by atoms with Gasteiger partial charge in [0.2, 0.25) is 0 Å². The first kappa shape index (κ1) is 9.92. The molecule has 0 radical (unpaired) electrons. The van der Waals surface area contributed by atoms with E-state index in [9.17, 15) is 0 Å². The van der Waals surface area contributed by atoms with Crippen LogP contribution < -0.4 is 0 Å². The molecule has 2 heteroatoms. The highest BCUT2D eigenvalue weighted by molar-refractivity contribution is 4.56. The Morgan fingerprint density at radius 3 is 2.30 bits per heavy atom. The van der Waals surface area contributed by atoms with Gasteiger partial charge in [0.15, 0.2) is 0 Å². The minimum absolute atomic E-state index is 0.203. The fourth-order valence-electron chi connectivity index (χ4n) is 1.00. The van der Waals surface area contributed by atoms with Gasteiger partial charge >= 0.3 is 0 Å². The minimum atomic E-state index is 0.203. The zero-order valence-electron chi connectivity index (χ0n) is 6.71. The lowest BCUT2D eigenvalue weighted by Crippen LogP contribution is -2.07. The number of aliphatic hydroxyl groups excluding tert-OH is 2. The van der Waals surface area contributed by atoms with Crippen molar-refractivity contribution in [2.24, 2.45) is 5.92 Å². The van der Waals surface area contributed by atoms with E-state index in [1.807, 2.05) is 0 Å². The van der Waals surface area contributed by atoms with Crippen LogP contribution in [0.15, 0.2) is 0 Å². The van der Waals surface area contributed by atoms with Crippen LogP contribution in [0.5, 0.6) is 0 Å². The molecule has 0 amide bonds. The summed E-state index contributed by atoms with van der Waals surface area (Å²) >= 11 is 0. The van der Waals surface area contributed by atoms with Crippen LogP contribution in [0.3, 0.4) is 0 Å². The van der Waals surface area contributed by atoms with E-state index >= 15 is 0 Å². The van der Waals surface area contributed by atoms with E-state index in [-0.39, 0.29) is 13.2 Å². The second kappa shape index (κ2) is 7.03. The smallest absolute Gasteiger partial charge is 0.0460 e. The third-order valence-corrected chi connectivity index (χ3v) is 1.76. The van der Waals surface area contributed by atoms with Crippen LogP contribution in [0.2, 0.25) is 0 Å². The Labute approximate surface area is 62.9 Å². The maximum absolute atomic E-state index is 8.77. The molecule has 1 unspecified atom stereocenters. The molecule has 10 heavy (non-hydrogen) atoms. The van der Waals surface area contributed by atoms with Gasteiger partial charge in [-0.1, -0.05) is 19.8 Å². The molecule has 0 aromatic carbocycles. The Morgan fingerprint density at radius 1 is 1.20 bits per heavy atom. The van der Waals surface area contributed by atoms with Crippen LogP contribution in [0.4, 0.5) is 0 Å². The second-order valence-corrected chi connectivity index (χ2v) is 2.70. The van der Waals surface area contributed by atoms with Crippen molar-refractivity contribution < 1.29 is 10.2 Å². The zero-order valence-corrected chi connectivity index (χ0v) is 6.71. The van der Waals surface area contributed by atoms with Crippen molar-refractivity contribution in [2.75, 3.05) is 13.2 Å². The molecular formula is C8H18O2. The SMILES string of the molecule is CCCCC(CO)CCO. The van der Waals surface area contributed by atoms with Gasteiger partial charge in [-0.15, -0.1) is 0 Å². The summed E-state index contributed by atoms with van der Waals surface area (Å²) in [6, 6.07) is 0. The lowest BCUT2D eigenvalue weighted by Gasteiger charge is -2.10. The predicted molar refractivity (Wildman–Crippen MR) is 41.8 cm³/mol. The first-order valence-electron chi connectivity index (χ1n) is 4.06. The Balaban J connectivity index is 3.21. The Bertz CT molecular complexity index is 64.3. The van der Waals surface area contributed by atoms with Gasteiger partial charge in [0, 0.05) is 13.2 Å². The molecule has 0 rings (SSSR count). The molecular weight excluding hydrogens is 128 g/mol. The summed E-state index contributed by atoms with van der Waals surface area (Å²) in [5.74, 6) is 0.324. The molecule has 0 fully saturated rings. The summed E-state index contributed by atoms with van der Waals surface area (Å²) in [7, 11) is 0. The fourth-order valence-corrected chi connectivity index (χ4v) is 1.00. The molecule has 0 saturated heterocycles. The molecule has 0 aliphatic carbocycles. The largest absolute Gasteiger partial charge is 0.396 e. The lowest BCUT2D eigenvalue weighted by atomic mass is 10.0. The number of unbranched alkanes of at least 4 members (excludes halogenated alkanes) is 1. The third kappa shape index (κ3) is 4.77. The van der Waals surface area contributed by atoms with Gasteiger partial charge in [0.05, 0.1) is 0 Å². The predicted octanol–water partition coefficient (Wildman–Crippen LogP) is 1.17. The second-order valence-electron chi connectivity index (χ2n) is 2.70. The highest BCUT2D eigenvalue weighted by atomic mass is 16.3. The number of hydrogen-bond acceptors (Lipinski definition) is 2. The maximum Gasteiger partial charge on any atom is 0.0460 e. The van der Waals surface area contributed by atoms with Crippen LogP contribution >= 0.6 is 0 Å². The molecule has 0 aromatic rings. The Kier molecular flexibility index (Phi) is 6.98. The van der Waals surface area contributed by atoms with Gasteiger partial charge in [-0.2, -0.15) is 0 Å². The van der Waals surface area contributed by atoms with E-state index < -0.39 is 0 Å². The summed E-state index contributed by atoms with van der Waals surface area (Å²) in [6.07, 6.45) is 4.12. The molecule has 0 aliphatic rings. The van der Waals surface area contributed by atoms with Crippen LogP contribution in [0.25, 0.3) is 0 Å². The van der Waals surface area contributed by atoms with Crippen molar-refractivity contribution >= 4 is 0 Å². The van der Waals surface area contributed by atoms with Gasteiger partial charge in [0.1, 0.15) is 0 Å². The third-order valence-electron chi connectivity index (χ3n) is 1.76. The molecule has 0 heterocycles. The van der Waals surface area contributed by atoms with Crippen LogP contribution in [0, 0.1) is 5.92 Å². The van der Waals surface area contributed by atoms with Crippen molar-refractivity contribution in [1.29, 1.82) is 0 Å². The summed E-state index contributed by atoms with van der Waals surface area (Å²) in [5.41, 5.74) is 0. The summed E-state index contributed by atoms with van der Waals surface area (Å²) in [6.45, 7) is 2.56. The van der Waals surface area contributed by atoms with E-state index in [1.165, 1.54) is 6.42 Å². The van der Waals surface area contributed by atoms with Crippen molar-refractivity contribution in [2.45, 2.75) is 32.6 Å². The Morgan fingerprint density at radius 2 is 1.90 bits per heavy atom. The molecule has 2 N–H and O–H groups in total. The molecule has 0 saturated carbocycles. The minimum Gasteiger partial charge on any atom is -0.396 e. The topological polar surface area (TPSA) is 40.5 Å². The lowest BCUT2D eigenvalue weighted by molar-refractivity contribution is 0.175. The number of rotatable bonds is 6. The summed E-state index contributed by atoms with van der Waals surface area (Å²) in [5, 5.41) is 17.3. The van der Waals surface area contributed by atoms with Gasteiger partial charge < -0.3 is 10.2 Å². The highest BCUT2D eigenvalue weighted by Gasteiger charge is 2.04. The molecule has 0 aromatic heterocycles.